The molecule has 0 atom stereocenters. The molecule has 0 unspecified atom stereocenters. The minimum absolute atomic E-state index is 0.0252. The van der Waals surface area contributed by atoms with Crippen LogP contribution in [0.4, 0.5) is 34.1 Å². The Bertz CT molecular complexity index is 2900. The molecule has 3 aliphatic rings. The van der Waals surface area contributed by atoms with Crippen molar-refractivity contribution >= 4 is 57.2 Å². The highest BCUT2D eigenvalue weighted by atomic mass is 15.2. The number of anilines is 6. The van der Waals surface area contributed by atoms with Crippen molar-refractivity contribution in [3.8, 4) is 44.5 Å². The summed E-state index contributed by atoms with van der Waals surface area (Å²) in [6.07, 6.45) is 6.31. The first kappa shape index (κ1) is 37.4. The Kier molecular flexibility index (Phi) is 9.40. The van der Waals surface area contributed by atoms with E-state index >= 15 is 0 Å². The van der Waals surface area contributed by atoms with Crippen LogP contribution in [-0.4, -0.2) is 6.71 Å². The number of hydrogen-bond donors (Lipinski definition) is 0. The lowest BCUT2D eigenvalue weighted by molar-refractivity contribution is 0.444. The molecule has 12 rings (SSSR count). The van der Waals surface area contributed by atoms with Gasteiger partial charge < -0.3 is 9.80 Å². The Balaban J connectivity index is 1.16. The molecule has 0 aromatic heterocycles. The van der Waals surface area contributed by atoms with Gasteiger partial charge in [0.05, 0.1) is 0 Å². The minimum Gasteiger partial charge on any atom is -0.311 e. The third-order valence-electron chi connectivity index (χ3n) is 13.8. The summed E-state index contributed by atoms with van der Waals surface area (Å²) in [6, 6.07) is 81.5. The first-order valence-electron chi connectivity index (χ1n) is 22.7. The van der Waals surface area contributed by atoms with E-state index in [1.807, 2.05) is 0 Å². The summed E-state index contributed by atoms with van der Waals surface area (Å²) >= 11 is 0. The van der Waals surface area contributed by atoms with Gasteiger partial charge in [-0.3, -0.25) is 0 Å². The van der Waals surface area contributed by atoms with Crippen molar-refractivity contribution in [3.63, 3.8) is 0 Å². The average molecular weight is 807 g/mol. The zero-order chi connectivity index (χ0) is 41.7. The third-order valence-corrected chi connectivity index (χ3v) is 13.8. The fraction of sp³-hybridized carbons (Fsp3) is 0.100. The van der Waals surface area contributed by atoms with Gasteiger partial charge in [-0.25, -0.2) is 0 Å². The molecule has 0 saturated heterocycles. The van der Waals surface area contributed by atoms with Crippen molar-refractivity contribution < 1.29 is 0 Å². The van der Waals surface area contributed by atoms with E-state index in [1.165, 1.54) is 133 Å². The van der Waals surface area contributed by atoms with E-state index in [4.69, 9.17) is 0 Å². The first-order valence-corrected chi connectivity index (χ1v) is 22.7. The highest BCUT2D eigenvalue weighted by Crippen LogP contribution is 2.48. The zero-order valence-electron chi connectivity index (χ0n) is 35.4. The highest BCUT2D eigenvalue weighted by Gasteiger charge is 2.44. The molecular formula is C60H47BN2. The Morgan fingerprint density at radius 2 is 0.698 bits per heavy atom. The number of benzene rings is 9. The van der Waals surface area contributed by atoms with Crippen LogP contribution in [0.15, 0.2) is 218 Å². The van der Waals surface area contributed by atoms with Crippen LogP contribution in [0.3, 0.4) is 0 Å². The molecule has 2 aliphatic heterocycles. The monoisotopic (exact) mass is 806 g/mol. The Morgan fingerprint density at radius 3 is 1.11 bits per heavy atom. The second-order valence-electron chi connectivity index (χ2n) is 17.5. The molecule has 0 bridgehead atoms. The normalized spacial score (nSPS) is 14.2. The SMILES string of the molecule is c1ccc(-c2cccc(N3c4cc(-c5ccccc5)ccc4B4c5ccc(-c6ccccc6)cc5N(c5cccc(-c6ccccc6)c5)c5cc(C6CCCCC6)cc3c54)c2)cc1. The van der Waals surface area contributed by atoms with Gasteiger partial charge in [-0.15, -0.1) is 0 Å². The second-order valence-corrected chi connectivity index (χ2v) is 17.5. The molecule has 3 heteroatoms. The molecule has 300 valence electrons. The zero-order valence-corrected chi connectivity index (χ0v) is 35.4. The van der Waals surface area contributed by atoms with Crippen LogP contribution in [-0.2, 0) is 0 Å². The summed E-state index contributed by atoms with van der Waals surface area (Å²) < 4.78 is 0. The summed E-state index contributed by atoms with van der Waals surface area (Å²) in [6.45, 7) is 0.0252. The van der Waals surface area contributed by atoms with Gasteiger partial charge in [-0.05, 0) is 134 Å². The summed E-state index contributed by atoms with van der Waals surface area (Å²) in [5, 5.41) is 0. The smallest absolute Gasteiger partial charge is 0.252 e. The van der Waals surface area contributed by atoms with Crippen molar-refractivity contribution in [2.75, 3.05) is 9.80 Å². The van der Waals surface area contributed by atoms with Crippen LogP contribution >= 0.6 is 0 Å². The molecule has 1 saturated carbocycles. The van der Waals surface area contributed by atoms with Crippen molar-refractivity contribution in [3.05, 3.63) is 224 Å². The highest BCUT2D eigenvalue weighted by molar-refractivity contribution is 7.00. The standard InChI is InChI=1S/C60H47BN2/c1-6-18-42(19-7-1)47-28-16-30-52(36-47)62-56-38-49(44-22-10-3-11-23-44)32-34-54(56)61-55-35-33-50(45-24-12-4-13-25-45)39-57(55)63(53-31-17-29-48(37-53)43-20-8-2-9-21-43)59-41-51(40-58(62)60(59)61)46-26-14-5-15-27-46/h1-4,6-13,16-25,28-41,46H,5,14-15,26-27H2. The van der Waals surface area contributed by atoms with Crippen LogP contribution < -0.4 is 26.2 Å². The van der Waals surface area contributed by atoms with E-state index in [0.717, 1.165) is 0 Å². The molecular weight excluding hydrogens is 759 g/mol. The van der Waals surface area contributed by atoms with Gasteiger partial charge in [0.2, 0.25) is 0 Å². The maximum absolute atomic E-state index is 2.61. The van der Waals surface area contributed by atoms with E-state index in [2.05, 4.69) is 228 Å². The van der Waals surface area contributed by atoms with E-state index in [0.29, 0.717) is 5.92 Å². The lowest BCUT2D eigenvalue weighted by Gasteiger charge is -2.45. The molecule has 1 fully saturated rings. The molecule has 0 amide bonds. The predicted octanol–water partition coefficient (Wildman–Crippen LogP) is 14.5. The Labute approximate surface area is 371 Å². The molecule has 0 N–H and O–H groups in total. The average Bonchev–Trinajstić information content (AvgIpc) is 3.37. The van der Waals surface area contributed by atoms with Gasteiger partial charge in [-0.1, -0.05) is 189 Å². The van der Waals surface area contributed by atoms with Crippen LogP contribution in [0.1, 0.15) is 43.6 Å². The number of fused-ring (bicyclic) bond motifs is 4. The van der Waals surface area contributed by atoms with Gasteiger partial charge in [0.15, 0.2) is 0 Å². The van der Waals surface area contributed by atoms with Gasteiger partial charge >= 0.3 is 0 Å². The molecule has 2 heterocycles. The lowest BCUT2D eigenvalue weighted by atomic mass is 9.33. The van der Waals surface area contributed by atoms with Crippen LogP contribution in [0.5, 0.6) is 0 Å². The van der Waals surface area contributed by atoms with Crippen LogP contribution in [0, 0.1) is 0 Å². The van der Waals surface area contributed by atoms with Crippen molar-refractivity contribution in [2.24, 2.45) is 0 Å². The summed E-state index contributed by atoms with van der Waals surface area (Å²) in [5.41, 5.74) is 22.6. The topological polar surface area (TPSA) is 6.48 Å². The molecule has 0 spiro atoms. The fourth-order valence-electron chi connectivity index (χ4n) is 10.8. The van der Waals surface area contributed by atoms with Crippen molar-refractivity contribution in [2.45, 2.75) is 38.0 Å². The van der Waals surface area contributed by atoms with Gasteiger partial charge in [0.1, 0.15) is 0 Å². The molecule has 1 aliphatic carbocycles. The maximum atomic E-state index is 2.61. The van der Waals surface area contributed by atoms with Crippen LogP contribution in [0.2, 0.25) is 0 Å². The predicted molar refractivity (Wildman–Crippen MR) is 268 cm³/mol. The quantitative estimate of drug-likeness (QED) is 0.148. The first-order chi connectivity index (χ1) is 31.2. The number of hydrogen-bond acceptors (Lipinski definition) is 2. The minimum atomic E-state index is 0.0252. The van der Waals surface area contributed by atoms with Gasteiger partial charge in [-0.2, -0.15) is 0 Å². The van der Waals surface area contributed by atoms with E-state index in [9.17, 15) is 0 Å². The largest absolute Gasteiger partial charge is 0.311 e. The van der Waals surface area contributed by atoms with Crippen molar-refractivity contribution in [1.29, 1.82) is 0 Å². The molecule has 0 radical (unpaired) electrons. The van der Waals surface area contributed by atoms with E-state index in [-0.39, 0.29) is 6.71 Å². The Morgan fingerprint density at radius 1 is 0.317 bits per heavy atom. The maximum Gasteiger partial charge on any atom is 0.252 e. The summed E-state index contributed by atoms with van der Waals surface area (Å²) in [5.74, 6) is 0.503. The third kappa shape index (κ3) is 6.67. The lowest BCUT2D eigenvalue weighted by Crippen LogP contribution is -2.61. The molecule has 63 heavy (non-hydrogen) atoms. The summed E-state index contributed by atoms with van der Waals surface area (Å²) in [7, 11) is 0. The van der Waals surface area contributed by atoms with Gasteiger partial charge in [0, 0.05) is 34.1 Å². The summed E-state index contributed by atoms with van der Waals surface area (Å²) in [4.78, 5) is 5.22. The second kappa shape index (κ2) is 15.8. The number of nitrogens with zero attached hydrogens (tertiary/aromatic N) is 2. The molecule has 9 aromatic carbocycles. The van der Waals surface area contributed by atoms with E-state index in [1.54, 1.807) is 0 Å². The Hall–Kier alpha value is -7.36. The number of rotatable bonds is 7. The van der Waals surface area contributed by atoms with Crippen LogP contribution in [0.25, 0.3) is 44.5 Å². The molecule has 9 aromatic rings. The fourth-order valence-corrected chi connectivity index (χ4v) is 10.8. The van der Waals surface area contributed by atoms with Crippen molar-refractivity contribution in [1.82, 2.24) is 0 Å². The van der Waals surface area contributed by atoms with E-state index < -0.39 is 0 Å². The van der Waals surface area contributed by atoms with Gasteiger partial charge in [0.25, 0.3) is 6.71 Å². The molecule has 2 nitrogen and oxygen atoms in total.